The van der Waals surface area contributed by atoms with Gasteiger partial charge < -0.3 is 10.6 Å². The molecule has 1 aromatic heterocycles. The van der Waals surface area contributed by atoms with Gasteiger partial charge in [-0.3, -0.25) is 14.5 Å². The summed E-state index contributed by atoms with van der Waals surface area (Å²) in [5, 5.41) is 7.80. The molecule has 1 saturated heterocycles. The molecule has 1 aliphatic carbocycles. The van der Waals surface area contributed by atoms with Crippen molar-refractivity contribution in [1.82, 2.24) is 15.2 Å². The zero-order valence-electron chi connectivity index (χ0n) is 17.3. The number of nitrogens with zero attached hydrogens (tertiary/aromatic N) is 2. The van der Waals surface area contributed by atoms with Gasteiger partial charge in [0.2, 0.25) is 5.91 Å². The molecule has 1 saturated carbocycles. The van der Waals surface area contributed by atoms with Crippen LogP contribution in [0.15, 0.2) is 60.0 Å². The normalized spacial score (nSPS) is 17.1. The summed E-state index contributed by atoms with van der Waals surface area (Å²) in [6.07, 6.45) is 3.07. The number of thiazole rings is 1. The predicted octanol–water partition coefficient (Wildman–Crippen LogP) is 4.28. The Kier molecular flexibility index (Phi) is 5.22. The maximum Gasteiger partial charge on any atom is 0.325 e. The molecule has 3 aromatic rings. The Bertz CT molecular complexity index is 1170. The molecule has 1 aliphatic heterocycles. The van der Waals surface area contributed by atoms with Gasteiger partial charge in [0.1, 0.15) is 12.1 Å². The van der Waals surface area contributed by atoms with Gasteiger partial charge in [-0.05, 0) is 24.0 Å². The lowest BCUT2D eigenvalue weighted by Gasteiger charge is -2.19. The lowest BCUT2D eigenvalue weighted by Crippen LogP contribution is -2.44. The average Bonchev–Trinajstić information content (AvgIpc) is 3.52. The SMILES string of the molecule is O=C(CN1C(=O)NC2(CCCC2)C1=O)Nc1nc(-c2ccc(-c3ccccc3)cc2)cs1. The highest BCUT2D eigenvalue weighted by atomic mass is 32.1. The van der Waals surface area contributed by atoms with Crippen LogP contribution < -0.4 is 10.6 Å². The first-order valence-corrected chi connectivity index (χ1v) is 11.5. The van der Waals surface area contributed by atoms with E-state index in [4.69, 9.17) is 0 Å². The molecule has 2 aromatic carbocycles. The number of imide groups is 1. The van der Waals surface area contributed by atoms with Crippen molar-refractivity contribution in [3.63, 3.8) is 0 Å². The first kappa shape index (κ1) is 20.4. The predicted molar refractivity (Wildman–Crippen MR) is 123 cm³/mol. The second-order valence-electron chi connectivity index (χ2n) is 8.14. The van der Waals surface area contributed by atoms with Gasteiger partial charge in [-0.1, -0.05) is 67.4 Å². The zero-order chi connectivity index (χ0) is 22.1. The molecular weight excluding hydrogens is 424 g/mol. The standard InChI is InChI=1S/C24H22N4O3S/c29-20(14-28-21(30)24(27-23(28)31)12-4-5-13-24)26-22-25-19(15-32-22)18-10-8-17(9-11-18)16-6-2-1-3-7-16/h1-3,6-11,15H,4-5,12-14H2,(H,27,31)(H,25,26,29). The highest BCUT2D eigenvalue weighted by Crippen LogP contribution is 2.35. The summed E-state index contributed by atoms with van der Waals surface area (Å²) in [5.74, 6) is -0.739. The molecule has 0 bridgehead atoms. The molecule has 0 unspecified atom stereocenters. The number of rotatable bonds is 5. The summed E-state index contributed by atoms with van der Waals surface area (Å²) in [7, 11) is 0. The first-order chi connectivity index (χ1) is 15.5. The fraction of sp³-hybridized carbons (Fsp3) is 0.250. The number of anilines is 1. The molecule has 2 N–H and O–H groups in total. The third-order valence-corrected chi connectivity index (χ3v) is 6.80. The minimum Gasteiger partial charge on any atom is -0.323 e. The Morgan fingerprint density at radius 2 is 1.66 bits per heavy atom. The number of aromatic nitrogens is 1. The molecule has 32 heavy (non-hydrogen) atoms. The van der Waals surface area contributed by atoms with Gasteiger partial charge in [0, 0.05) is 10.9 Å². The quantitative estimate of drug-likeness (QED) is 0.572. The fourth-order valence-electron chi connectivity index (χ4n) is 4.37. The summed E-state index contributed by atoms with van der Waals surface area (Å²) in [4.78, 5) is 42.9. The van der Waals surface area contributed by atoms with Gasteiger partial charge in [0.25, 0.3) is 5.91 Å². The summed E-state index contributed by atoms with van der Waals surface area (Å²) in [6.45, 7) is -0.312. The van der Waals surface area contributed by atoms with E-state index in [-0.39, 0.29) is 12.5 Å². The van der Waals surface area contributed by atoms with Crippen molar-refractivity contribution < 1.29 is 14.4 Å². The number of carbonyl (C=O) groups is 3. The van der Waals surface area contributed by atoms with Crippen LogP contribution in [0.3, 0.4) is 0 Å². The molecular formula is C24H22N4O3S. The Hall–Kier alpha value is -3.52. The molecule has 7 nitrogen and oxygen atoms in total. The third-order valence-electron chi connectivity index (χ3n) is 6.04. The Labute approximate surface area is 189 Å². The van der Waals surface area contributed by atoms with Crippen LogP contribution in [0, 0.1) is 0 Å². The van der Waals surface area contributed by atoms with E-state index in [1.54, 1.807) is 0 Å². The van der Waals surface area contributed by atoms with Crippen LogP contribution in [0.25, 0.3) is 22.4 Å². The van der Waals surface area contributed by atoms with Crippen molar-refractivity contribution in [2.24, 2.45) is 0 Å². The molecule has 2 heterocycles. The summed E-state index contributed by atoms with van der Waals surface area (Å²) >= 11 is 1.30. The molecule has 5 rings (SSSR count). The molecule has 4 amide bonds. The van der Waals surface area contributed by atoms with Crippen molar-refractivity contribution >= 4 is 34.3 Å². The minimum atomic E-state index is -0.808. The molecule has 1 spiro atoms. The van der Waals surface area contributed by atoms with E-state index >= 15 is 0 Å². The van der Waals surface area contributed by atoms with Crippen LogP contribution in [0.4, 0.5) is 9.93 Å². The van der Waals surface area contributed by atoms with E-state index in [2.05, 4.69) is 27.8 Å². The van der Waals surface area contributed by atoms with Gasteiger partial charge >= 0.3 is 6.03 Å². The molecule has 0 atom stereocenters. The monoisotopic (exact) mass is 446 g/mol. The van der Waals surface area contributed by atoms with Crippen molar-refractivity contribution in [3.05, 3.63) is 60.0 Å². The van der Waals surface area contributed by atoms with Crippen LogP contribution in [-0.2, 0) is 9.59 Å². The summed E-state index contributed by atoms with van der Waals surface area (Å²) in [5.41, 5.74) is 3.15. The minimum absolute atomic E-state index is 0.298. The number of urea groups is 1. The average molecular weight is 447 g/mol. The number of benzene rings is 2. The van der Waals surface area contributed by atoms with Gasteiger partial charge in [0.15, 0.2) is 5.13 Å². The van der Waals surface area contributed by atoms with Crippen LogP contribution in [-0.4, -0.2) is 39.8 Å². The van der Waals surface area contributed by atoms with Gasteiger partial charge in [-0.15, -0.1) is 11.3 Å². The third kappa shape index (κ3) is 3.78. The van der Waals surface area contributed by atoms with E-state index in [1.807, 2.05) is 47.8 Å². The molecule has 2 fully saturated rings. The van der Waals surface area contributed by atoms with Crippen molar-refractivity contribution in [1.29, 1.82) is 0 Å². The zero-order valence-corrected chi connectivity index (χ0v) is 18.2. The topological polar surface area (TPSA) is 91.4 Å². The highest BCUT2D eigenvalue weighted by Gasteiger charge is 2.52. The van der Waals surface area contributed by atoms with Crippen LogP contribution in [0.5, 0.6) is 0 Å². The number of amides is 4. The largest absolute Gasteiger partial charge is 0.325 e. The van der Waals surface area contributed by atoms with Gasteiger partial charge in [-0.25, -0.2) is 9.78 Å². The lowest BCUT2D eigenvalue weighted by molar-refractivity contribution is -0.133. The van der Waals surface area contributed by atoms with Gasteiger partial charge in [-0.2, -0.15) is 0 Å². The van der Waals surface area contributed by atoms with E-state index < -0.39 is 17.5 Å². The Morgan fingerprint density at radius 3 is 2.38 bits per heavy atom. The Balaban J connectivity index is 1.23. The molecule has 0 radical (unpaired) electrons. The lowest BCUT2D eigenvalue weighted by atomic mass is 9.98. The molecule has 2 aliphatic rings. The Morgan fingerprint density at radius 1 is 1.00 bits per heavy atom. The van der Waals surface area contributed by atoms with Crippen molar-refractivity contribution in [3.8, 4) is 22.4 Å². The second kappa shape index (κ2) is 8.20. The van der Waals surface area contributed by atoms with E-state index in [0.717, 1.165) is 40.1 Å². The van der Waals surface area contributed by atoms with E-state index in [9.17, 15) is 14.4 Å². The van der Waals surface area contributed by atoms with Gasteiger partial charge in [0.05, 0.1) is 5.69 Å². The van der Waals surface area contributed by atoms with Crippen molar-refractivity contribution in [2.75, 3.05) is 11.9 Å². The number of hydrogen-bond donors (Lipinski definition) is 2. The summed E-state index contributed by atoms with van der Waals surface area (Å²) < 4.78 is 0. The van der Waals surface area contributed by atoms with Crippen LogP contribution in [0.2, 0.25) is 0 Å². The number of hydrogen-bond acceptors (Lipinski definition) is 5. The smallest absolute Gasteiger partial charge is 0.323 e. The van der Waals surface area contributed by atoms with E-state index in [1.165, 1.54) is 11.3 Å². The first-order valence-electron chi connectivity index (χ1n) is 10.6. The molecule has 8 heteroatoms. The van der Waals surface area contributed by atoms with Crippen LogP contribution >= 0.6 is 11.3 Å². The second-order valence-corrected chi connectivity index (χ2v) is 9.00. The number of carbonyl (C=O) groups excluding carboxylic acids is 3. The fourth-order valence-corrected chi connectivity index (χ4v) is 5.10. The molecule has 162 valence electrons. The van der Waals surface area contributed by atoms with Crippen LogP contribution in [0.1, 0.15) is 25.7 Å². The number of nitrogens with one attached hydrogen (secondary N) is 2. The van der Waals surface area contributed by atoms with E-state index in [0.29, 0.717) is 18.0 Å². The maximum atomic E-state index is 12.7. The highest BCUT2D eigenvalue weighted by molar-refractivity contribution is 7.14. The maximum absolute atomic E-state index is 12.7. The summed E-state index contributed by atoms with van der Waals surface area (Å²) in [6, 6.07) is 17.7. The van der Waals surface area contributed by atoms with Crippen molar-refractivity contribution in [2.45, 2.75) is 31.2 Å².